The van der Waals surface area contributed by atoms with E-state index in [1.54, 1.807) is 12.4 Å². The molecule has 0 N–H and O–H groups in total. The Morgan fingerprint density at radius 3 is 2.68 bits per heavy atom. The highest BCUT2D eigenvalue weighted by Crippen LogP contribution is 2.35. The molecular weight excluding hydrogens is 403 g/mol. The molecule has 0 aliphatic carbocycles. The molecule has 1 atom stereocenters. The molecule has 4 aromatic rings. The van der Waals surface area contributed by atoms with Gasteiger partial charge >= 0.3 is 0 Å². The first-order valence-corrected chi connectivity index (χ1v) is 9.54. The number of hydrogen-bond acceptors (Lipinski definition) is 7. The van der Waals surface area contributed by atoms with Gasteiger partial charge < -0.3 is 8.98 Å². The first kappa shape index (κ1) is 18.6. The van der Waals surface area contributed by atoms with Gasteiger partial charge in [0.1, 0.15) is 5.82 Å². The van der Waals surface area contributed by atoms with Crippen LogP contribution in [0.5, 0.6) is 0 Å². The molecule has 0 amide bonds. The largest absolute Gasteiger partial charge is 0.419 e. The molecule has 0 radical (unpaired) electrons. The maximum absolute atomic E-state index is 14.0. The summed E-state index contributed by atoms with van der Waals surface area (Å²) >= 11 is 7.34. The van der Waals surface area contributed by atoms with Gasteiger partial charge in [-0.2, -0.15) is 0 Å². The van der Waals surface area contributed by atoms with Crippen LogP contribution in [0.2, 0.25) is 5.02 Å². The fourth-order valence-electron chi connectivity index (χ4n) is 2.55. The van der Waals surface area contributed by atoms with Crippen LogP contribution < -0.4 is 0 Å². The fraction of sp³-hybridized carbons (Fsp3) is 0.167. The summed E-state index contributed by atoms with van der Waals surface area (Å²) in [6, 6.07) is 7.91. The van der Waals surface area contributed by atoms with Gasteiger partial charge in [0.15, 0.2) is 11.0 Å². The summed E-state index contributed by atoms with van der Waals surface area (Å²) in [6.45, 7) is 1.90. The van der Waals surface area contributed by atoms with Crippen molar-refractivity contribution in [1.29, 1.82) is 0 Å². The van der Waals surface area contributed by atoms with Gasteiger partial charge in [-0.1, -0.05) is 23.4 Å². The van der Waals surface area contributed by atoms with Gasteiger partial charge in [0.25, 0.3) is 5.89 Å². The lowest BCUT2D eigenvalue weighted by Crippen LogP contribution is -1.97. The van der Waals surface area contributed by atoms with Crippen molar-refractivity contribution < 1.29 is 8.81 Å². The van der Waals surface area contributed by atoms with Crippen LogP contribution >= 0.6 is 23.4 Å². The average Bonchev–Trinajstić information content (AvgIpc) is 3.32. The second kappa shape index (κ2) is 7.69. The molecule has 0 spiro atoms. The van der Waals surface area contributed by atoms with Crippen molar-refractivity contribution in [2.75, 3.05) is 0 Å². The summed E-state index contributed by atoms with van der Waals surface area (Å²) in [5.41, 5.74) is 1.09. The summed E-state index contributed by atoms with van der Waals surface area (Å²) in [4.78, 5) is 4.01. The fourth-order valence-corrected chi connectivity index (χ4v) is 3.56. The number of hydrogen-bond donors (Lipinski definition) is 0. The van der Waals surface area contributed by atoms with E-state index in [9.17, 15) is 4.39 Å². The molecule has 3 aromatic heterocycles. The number of halogens is 2. The maximum Gasteiger partial charge on any atom is 0.250 e. The van der Waals surface area contributed by atoms with Crippen LogP contribution in [0, 0.1) is 5.82 Å². The average molecular weight is 417 g/mol. The molecule has 4 rings (SSSR count). The molecule has 3 heterocycles. The predicted molar refractivity (Wildman–Crippen MR) is 103 cm³/mol. The second-order valence-electron chi connectivity index (χ2n) is 5.93. The lowest BCUT2D eigenvalue weighted by atomic mass is 10.2. The van der Waals surface area contributed by atoms with Crippen LogP contribution in [-0.4, -0.2) is 29.9 Å². The Kier molecular flexibility index (Phi) is 5.10. The molecule has 1 unspecified atom stereocenters. The summed E-state index contributed by atoms with van der Waals surface area (Å²) in [5.74, 6) is 0.685. The third-order valence-electron chi connectivity index (χ3n) is 4.00. The minimum Gasteiger partial charge on any atom is -0.419 e. The van der Waals surface area contributed by atoms with Crippen LogP contribution in [0.25, 0.3) is 22.8 Å². The Labute approximate surface area is 169 Å². The third kappa shape index (κ3) is 3.63. The smallest absolute Gasteiger partial charge is 0.250 e. The maximum atomic E-state index is 14.0. The highest BCUT2D eigenvalue weighted by atomic mass is 35.5. The van der Waals surface area contributed by atoms with E-state index < -0.39 is 5.82 Å². The van der Waals surface area contributed by atoms with E-state index in [4.69, 9.17) is 16.0 Å². The molecule has 142 valence electrons. The normalized spacial score (nSPS) is 12.3. The molecule has 1 aromatic carbocycles. The lowest BCUT2D eigenvalue weighted by molar-refractivity contribution is 0.504. The van der Waals surface area contributed by atoms with Crippen LogP contribution in [0.15, 0.2) is 52.3 Å². The highest BCUT2D eigenvalue weighted by Gasteiger charge is 2.21. The third-order valence-corrected chi connectivity index (χ3v) is 5.36. The topological polar surface area (TPSA) is 82.5 Å². The van der Waals surface area contributed by atoms with Crippen molar-refractivity contribution in [3.8, 4) is 22.8 Å². The van der Waals surface area contributed by atoms with Crippen molar-refractivity contribution >= 4 is 23.4 Å². The van der Waals surface area contributed by atoms with E-state index in [-0.39, 0.29) is 16.7 Å². The van der Waals surface area contributed by atoms with Crippen LogP contribution in [0.3, 0.4) is 0 Å². The molecule has 0 bridgehead atoms. The minimum atomic E-state index is -0.477. The van der Waals surface area contributed by atoms with Gasteiger partial charge in [-0.25, -0.2) is 4.39 Å². The number of pyridine rings is 1. The van der Waals surface area contributed by atoms with Gasteiger partial charge in [0, 0.05) is 30.0 Å². The van der Waals surface area contributed by atoms with Crippen LogP contribution in [0.4, 0.5) is 4.39 Å². The van der Waals surface area contributed by atoms with Gasteiger partial charge in [-0.3, -0.25) is 4.98 Å². The van der Waals surface area contributed by atoms with Crippen LogP contribution in [0.1, 0.15) is 18.1 Å². The first-order chi connectivity index (χ1) is 13.5. The van der Waals surface area contributed by atoms with E-state index in [1.807, 2.05) is 30.7 Å². The molecule has 0 saturated heterocycles. The van der Waals surface area contributed by atoms with E-state index in [1.165, 1.54) is 30.0 Å². The van der Waals surface area contributed by atoms with Crippen molar-refractivity contribution in [3.05, 3.63) is 59.5 Å². The molecule has 0 saturated carbocycles. The molecule has 10 heteroatoms. The highest BCUT2D eigenvalue weighted by molar-refractivity contribution is 7.99. The Bertz CT molecular complexity index is 1120. The summed E-state index contributed by atoms with van der Waals surface area (Å²) in [6.07, 6.45) is 3.41. The monoisotopic (exact) mass is 416 g/mol. The van der Waals surface area contributed by atoms with Crippen molar-refractivity contribution in [2.24, 2.45) is 7.05 Å². The van der Waals surface area contributed by atoms with Gasteiger partial charge in [0.2, 0.25) is 5.89 Å². The van der Waals surface area contributed by atoms with Gasteiger partial charge in [-0.15, -0.1) is 20.4 Å². The SMILES string of the molecule is CC(Sc1nnc(-c2ccncc2)n1C)c1nnc(-c2cc(Cl)ccc2F)o1. The van der Waals surface area contributed by atoms with E-state index in [0.29, 0.717) is 16.1 Å². The predicted octanol–water partition coefficient (Wildman–Crippen LogP) is 4.57. The van der Waals surface area contributed by atoms with E-state index in [0.717, 1.165) is 11.4 Å². The Morgan fingerprint density at radius 1 is 1.11 bits per heavy atom. The first-order valence-electron chi connectivity index (χ1n) is 8.28. The number of nitrogens with zero attached hydrogens (tertiary/aromatic N) is 6. The van der Waals surface area contributed by atoms with Crippen molar-refractivity contribution in [1.82, 2.24) is 29.9 Å². The Morgan fingerprint density at radius 2 is 1.89 bits per heavy atom. The molecule has 0 aliphatic heterocycles. The van der Waals surface area contributed by atoms with Gasteiger partial charge in [-0.05, 0) is 37.3 Å². The Balaban J connectivity index is 1.55. The number of rotatable bonds is 5. The summed E-state index contributed by atoms with van der Waals surface area (Å²) in [5, 5.41) is 17.3. The lowest BCUT2D eigenvalue weighted by Gasteiger charge is -2.07. The summed E-state index contributed by atoms with van der Waals surface area (Å²) in [7, 11) is 1.88. The van der Waals surface area contributed by atoms with Gasteiger partial charge in [0.05, 0.1) is 10.8 Å². The van der Waals surface area contributed by atoms with E-state index >= 15 is 0 Å². The summed E-state index contributed by atoms with van der Waals surface area (Å²) < 4.78 is 21.6. The second-order valence-corrected chi connectivity index (χ2v) is 7.68. The molecule has 28 heavy (non-hydrogen) atoms. The molecule has 7 nitrogen and oxygen atoms in total. The molecular formula is C18H14ClFN6OS. The van der Waals surface area contributed by atoms with Crippen LogP contribution in [-0.2, 0) is 7.05 Å². The molecule has 0 fully saturated rings. The zero-order valence-corrected chi connectivity index (χ0v) is 16.4. The number of benzene rings is 1. The number of thioether (sulfide) groups is 1. The zero-order valence-electron chi connectivity index (χ0n) is 14.9. The molecule has 0 aliphatic rings. The minimum absolute atomic E-state index is 0.0814. The van der Waals surface area contributed by atoms with E-state index in [2.05, 4.69) is 25.4 Å². The standard InChI is InChI=1S/C18H14ClFN6OS/c1-10(16-23-24-17(27-16)13-9-12(19)3-4-14(13)20)28-18-25-22-15(26(18)2)11-5-7-21-8-6-11/h3-10H,1-2H3. The Hall–Kier alpha value is -2.78. The zero-order chi connectivity index (χ0) is 19.7. The quantitative estimate of drug-likeness (QED) is 0.440. The number of aromatic nitrogens is 6. The van der Waals surface area contributed by atoms with Crippen molar-refractivity contribution in [3.63, 3.8) is 0 Å². The van der Waals surface area contributed by atoms with Crippen molar-refractivity contribution in [2.45, 2.75) is 17.3 Å².